The SMILES string of the molecule is CC(=O)Oc1cccc2c1C1(CC2)CCc2cccc(OC(C)=O)c21.CO[C@@H]1C[C@H](C)CC[C@H]1C(C)C.Oc1cccc2c1C1(CC2)CCc2cccc(O)c21. The van der Waals surface area contributed by atoms with E-state index in [1.165, 1.54) is 55.4 Å². The summed E-state index contributed by atoms with van der Waals surface area (Å²) < 4.78 is 16.6. The van der Waals surface area contributed by atoms with Crippen LogP contribution in [-0.2, 0) is 50.8 Å². The zero-order valence-corrected chi connectivity index (χ0v) is 34.0. The van der Waals surface area contributed by atoms with E-state index in [4.69, 9.17) is 14.2 Å². The lowest BCUT2D eigenvalue weighted by Crippen LogP contribution is -2.33. The molecule has 0 saturated heterocycles. The molecule has 1 fully saturated rings. The summed E-state index contributed by atoms with van der Waals surface area (Å²) in [6, 6.07) is 23.3. The van der Waals surface area contributed by atoms with E-state index in [0.717, 1.165) is 91.4 Å². The topological polar surface area (TPSA) is 102 Å². The van der Waals surface area contributed by atoms with E-state index in [1.54, 1.807) is 12.1 Å². The number of aryl methyl sites for hydroxylation is 4. The number of benzene rings is 4. The highest BCUT2D eigenvalue weighted by atomic mass is 16.5. The molecule has 0 unspecified atom stereocenters. The molecule has 2 spiro atoms. The van der Waals surface area contributed by atoms with Gasteiger partial charge in [0.05, 0.1) is 6.10 Å². The van der Waals surface area contributed by atoms with E-state index in [-0.39, 0.29) is 22.8 Å². The molecule has 2 N–H and O–H groups in total. The lowest BCUT2D eigenvalue weighted by molar-refractivity contribution is -0.132. The molecule has 1 saturated carbocycles. The van der Waals surface area contributed by atoms with E-state index in [2.05, 4.69) is 45.0 Å². The fourth-order valence-corrected chi connectivity index (χ4v) is 11.1. The molecule has 0 amide bonds. The average molecular weight is 759 g/mol. The second-order valence-corrected chi connectivity index (χ2v) is 17.2. The van der Waals surface area contributed by atoms with Crippen molar-refractivity contribution in [1.29, 1.82) is 0 Å². The molecule has 4 aromatic rings. The van der Waals surface area contributed by atoms with Crippen molar-refractivity contribution in [2.75, 3.05) is 7.11 Å². The van der Waals surface area contributed by atoms with Crippen molar-refractivity contribution in [2.24, 2.45) is 17.8 Å². The first-order valence-electron chi connectivity index (χ1n) is 20.7. The monoisotopic (exact) mass is 758 g/mol. The third-order valence-corrected chi connectivity index (χ3v) is 13.5. The summed E-state index contributed by atoms with van der Waals surface area (Å²) in [6.07, 6.45) is 12.2. The molecule has 3 atom stereocenters. The first-order valence-corrected chi connectivity index (χ1v) is 20.7. The molecule has 5 aliphatic carbocycles. The molecule has 0 bridgehead atoms. The van der Waals surface area contributed by atoms with Gasteiger partial charge in [-0.05, 0) is 128 Å². The summed E-state index contributed by atoms with van der Waals surface area (Å²) in [5, 5.41) is 20.6. The fraction of sp³-hybridized carbons (Fsp3) is 0.469. The highest BCUT2D eigenvalue weighted by Gasteiger charge is 2.49. The smallest absolute Gasteiger partial charge is 0.308 e. The van der Waals surface area contributed by atoms with Crippen molar-refractivity contribution in [3.8, 4) is 23.0 Å². The van der Waals surface area contributed by atoms with Crippen molar-refractivity contribution in [3.63, 3.8) is 0 Å². The van der Waals surface area contributed by atoms with E-state index >= 15 is 0 Å². The highest BCUT2D eigenvalue weighted by molar-refractivity contribution is 5.74. The van der Waals surface area contributed by atoms with Crippen LogP contribution < -0.4 is 9.47 Å². The van der Waals surface area contributed by atoms with E-state index in [9.17, 15) is 19.8 Å². The maximum Gasteiger partial charge on any atom is 0.308 e. The van der Waals surface area contributed by atoms with Crippen LogP contribution in [0.5, 0.6) is 23.0 Å². The van der Waals surface area contributed by atoms with Gasteiger partial charge >= 0.3 is 11.9 Å². The van der Waals surface area contributed by atoms with Crippen LogP contribution in [0.2, 0.25) is 0 Å². The van der Waals surface area contributed by atoms with Crippen LogP contribution in [0.15, 0.2) is 72.8 Å². The predicted octanol–water partition coefficient (Wildman–Crippen LogP) is 10.1. The van der Waals surface area contributed by atoms with E-state index in [1.807, 2.05) is 43.5 Å². The van der Waals surface area contributed by atoms with Gasteiger partial charge in [-0.1, -0.05) is 75.7 Å². The molecule has 7 nitrogen and oxygen atoms in total. The van der Waals surface area contributed by atoms with Gasteiger partial charge in [0.2, 0.25) is 0 Å². The highest BCUT2D eigenvalue weighted by Crippen LogP contribution is 2.58. The van der Waals surface area contributed by atoms with Gasteiger partial charge in [-0.2, -0.15) is 0 Å². The van der Waals surface area contributed by atoms with Gasteiger partial charge in [0.25, 0.3) is 0 Å². The molecule has 0 heterocycles. The summed E-state index contributed by atoms with van der Waals surface area (Å²) >= 11 is 0. The largest absolute Gasteiger partial charge is 0.508 e. The van der Waals surface area contributed by atoms with Crippen LogP contribution in [0.1, 0.15) is 124 Å². The van der Waals surface area contributed by atoms with Gasteiger partial charge < -0.3 is 24.4 Å². The summed E-state index contributed by atoms with van der Waals surface area (Å²) in [4.78, 5) is 23.2. The Hall–Kier alpha value is -4.62. The molecule has 56 heavy (non-hydrogen) atoms. The van der Waals surface area contributed by atoms with Gasteiger partial charge in [0.15, 0.2) is 0 Å². The average Bonchev–Trinajstić information content (AvgIpc) is 3.94. The van der Waals surface area contributed by atoms with Crippen LogP contribution in [0, 0.1) is 17.8 Å². The number of fused-ring (bicyclic) bond motifs is 8. The van der Waals surface area contributed by atoms with Crippen molar-refractivity contribution < 1.29 is 34.0 Å². The number of carbonyl (C=O) groups excluding carboxylic acids is 2. The van der Waals surface area contributed by atoms with E-state index in [0.29, 0.717) is 29.1 Å². The van der Waals surface area contributed by atoms with Gasteiger partial charge in [-0.25, -0.2) is 0 Å². The number of carbonyl (C=O) groups is 2. The molecule has 7 heteroatoms. The summed E-state index contributed by atoms with van der Waals surface area (Å²) in [5.41, 5.74) is 8.75. The molecule has 296 valence electrons. The Morgan fingerprint density at radius 3 is 1.41 bits per heavy atom. The molecule has 0 aromatic heterocycles. The lowest BCUT2D eigenvalue weighted by atomic mass is 9.75. The molecule has 9 rings (SSSR count). The van der Waals surface area contributed by atoms with Crippen molar-refractivity contribution in [1.82, 2.24) is 0 Å². The predicted molar refractivity (Wildman–Crippen MR) is 219 cm³/mol. The fourth-order valence-electron chi connectivity index (χ4n) is 11.1. The van der Waals surface area contributed by atoms with Gasteiger partial charge in [0, 0.05) is 54.0 Å². The number of aromatic hydroxyl groups is 2. The first-order chi connectivity index (χ1) is 26.9. The number of rotatable bonds is 4. The minimum absolute atomic E-state index is 0.165. The van der Waals surface area contributed by atoms with Gasteiger partial charge in [0.1, 0.15) is 23.0 Å². The zero-order valence-electron chi connectivity index (χ0n) is 34.0. The normalized spacial score (nSPS) is 21.6. The van der Waals surface area contributed by atoms with Crippen LogP contribution in [-0.4, -0.2) is 35.4 Å². The molecular weight excluding hydrogens is 701 g/mol. The quantitative estimate of drug-likeness (QED) is 0.158. The van der Waals surface area contributed by atoms with Gasteiger partial charge in [-0.3, -0.25) is 9.59 Å². The third-order valence-electron chi connectivity index (χ3n) is 13.5. The summed E-state index contributed by atoms with van der Waals surface area (Å²) in [7, 11) is 1.86. The molecule has 5 aliphatic rings. The standard InChI is InChI=1S/C21H20O4.C17H16O2.C11H22O/c1-13(22)24-17-7-3-5-15-9-11-21(19(15)17)12-10-16-6-4-8-18(20(16)21)25-14(2)23;18-13-5-1-3-11-7-9-17(15(11)13)10-8-12-4-2-6-14(19)16(12)17;1-8(2)10-6-5-9(3)7-11(10)12-4/h3-8H,9-12H2,1-2H3;1-6,18-19H,7-10H2;8-11H,5-7H2,1-4H3/t;;9-,10+,11-/m..1/s1. The van der Waals surface area contributed by atoms with Gasteiger partial charge in [-0.15, -0.1) is 0 Å². The number of methoxy groups -OCH3 is 1. The van der Waals surface area contributed by atoms with Crippen LogP contribution in [0.3, 0.4) is 0 Å². The Morgan fingerprint density at radius 1 is 0.625 bits per heavy atom. The number of ether oxygens (including phenoxy) is 3. The van der Waals surface area contributed by atoms with Crippen molar-refractivity contribution in [3.05, 3.63) is 117 Å². The van der Waals surface area contributed by atoms with Crippen LogP contribution in [0.25, 0.3) is 0 Å². The third kappa shape index (κ3) is 7.24. The molecule has 4 aromatic carbocycles. The minimum Gasteiger partial charge on any atom is -0.508 e. The number of phenolic OH excluding ortho intramolecular Hbond substituents is 2. The maximum absolute atomic E-state index is 11.6. The minimum atomic E-state index is -0.318. The zero-order chi connectivity index (χ0) is 39.8. The molecule has 0 aliphatic heterocycles. The number of hydrogen-bond donors (Lipinski definition) is 2. The Kier molecular flexibility index (Phi) is 11.4. The van der Waals surface area contributed by atoms with Crippen LogP contribution >= 0.6 is 0 Å². The van der Waals surface area contributed by atoms with E-state index < -0.39 is 0 Å². The Balaban J connectivity index is 0.000000137. The number of esters is 2. The Bertz CT molecular complexity index is 1960. The number of phenols is 2. The van der Waals surface area contributed by atoms with Crippen LogP contribution in [0.4, 0.5) is 0 Å². The Labute approximate surface area is 332 Å². The van der Waals surface area contributed by atoms with Crippen molar-refractivity contribution >= 4 is 11.9 Å². The first kappa shape index (κ1) is 39.6. The molecular formula is C49H58O7. The molecule has 0 radical (unpaired) electrons. The lowest BCUT2D eigenvalue weighted by Gasteiger charge is -2.36. The number of hydrogen-bond acceptors (Lipinski definition) is 7. The maximum atomic E-state index is 11.6. The van der Waals surface area contributed by atoms with Crippen molar-refractivity contribution in [2.45, 2.75) is 122 Å². The Morgan fingerprint density at radius 2 is 1.02 bits per heavy atom. The summed E-state index contributed by atoms with van der Waals surface area (Å²) in [6.45, 7) is 9.81. The second-order valence-electron chi connectivity index (χ2n) is 17.2. The second kappa shape index (κ2) is 16.1. The summed E-state index contributed by atoms with van der Waals surface area (Å²) in [5.74, 6) is 3.83.